The van der Waals surface area contributed by atoms with Crippen molar-refractivity contribution in [1.82, 2.24) is 0 Å². The summed E-state index contributed by atoms with van der Waals surface area (Å²) >= 11 is 6.05. The second-order valence-corrected chi connectivity index (χ2v) is 4.62. The average molecular weight is 256 g/mol. The zero-order valence-electron chi connectivity index (χ0n) is 9.23. The topological polar surface area (TPSA) is 72.6 Å². The molecule has 1 aromatic rings. The Bertz CT molecular complexity index is 432. The van der Waals surface area contributed by atoms with Crippen LogP contribution in [0.25, 0.3) is 0 Å². The molecule has 0 bridgehead atoms. The van der Waals surface area contributed by atoms with Gasteiger partial charge in [-0.25, -0.2) is 0 Å². The quantitative estimate of drug-likeness (QED) is 0.847. The smallest absolute Gasteiger partial charge is 0.305 e. The van der Waals surface area contributed by atoms with Crippen molar-refractivity contribution in [3.8, 4) is 5.75 Å². The highest BCUT2D eigenvalue weighted by atomic mass is 35.5. The second kappa shape index (κ2) is 4.94. The SMILES string of the molecule is NC(CC(=O)O)c1ccc(OC2CC2)c(Cl)c1. The molecule has 1 fully saturated rings. The summed E-state index contributed by atoms with van der Waals surface area (Å²) in [5, 5.41) is 9.14. The Balaban J connectivity index is 2.08. The number of aliphatic carboxylic acids is 1. The van der Waals surface area contributed by atoms with Gasteiger partial charge in [-0.05, 0) is 30.5 Å². The summed E-state index contributed by atoms with van der Waals surface area (Å²) in [5.41, 5.74) is 6.46. The number of nitrogens with two attached hydrogens (primary N) is 1. The third-order valence-electron chi connectivity index (χ3n) is 2.60. The predicted molar refractivity (Wildman–Crippen MR) is 64.3 cm³/mol. The number of halogens is 1. The molecule has 1 aromatic carbocycles. The van der Waals surface area contributed by atoms with Crippen LogP contribution in [0.3, 0.4) is 0 Å². The summed E-state index contributed by atoms with van der Waals surface area (Å²) in [7, 11) is 0. The Morgan fingerprint density at radius 3 is 2.82 bits per heavy atom. The Hall–Kier alpha value is -1.26. The molecule has 1 atom stereocenters. The molecule has 2 rings (SSSR count). The summed E-state index contributed by atoms with van der Waals surface area (Å²) in [4.78, 5) is 10.6. The van der Waals surface area contributed by atoms with Crippen molar-refractivity contribution >= 4 is 17.6 Å². The lowest BCUT2D eigenvalue weighted by Gasteiger charge is -2.12. The molecule has 1 unspecified atom stereocenters. The van der Waals surface area contributed by atoms with Gasteiger partial charge in [0.2, 0.25) is 0 Å². The van der Waals surface area contributed by atoms with Gasteiger partial charge in [-0.2, -0.15) is 0 Å². The maximum absolute atomic E-state index is 10.6. The van der Waals surface area contributed by atoms with Crippen LogP contribution in [0.4, 0.5) is 0 Å². The largest absolute Gasteiger partial charge is 0.489 e. The van der Waals surface area contributed by atoms with Crippen LogP contribution < -0.4 is 10.5 Å². The average Bonchev–Trinajstić information content (AvgIpc) is 3.04. The van der Waals surface area contributed by atoms with E-state index < -0.39 is 12.0 Å². The lowest BCUT2D eigenvalue weighted by molar-refractivity contribution is -0.137. The number of hydrogen-bond acceptors (Lipinski definition) is 3. The van der Waals surface area contributed by atoms with E-state index in [1.165, 1.54) is 0 Å². The fourth-order valence-corrected chi connectivity index (χ4v) is 1.75. The standard InChI is InChI=1S/C12H14ClNO3/c13-9-5-7(10(14)6-12(15)16)1-4-11(9)17-8-2-3-8/h1,4-5,8,10H,2-3,6,14H2,(H,15,16). The predicted octanol–water partition coefficient (Wildman–Crippen LogP) is 2.36. The Labute approximate surface area is 104 Å². The molecule has 1 aliphatic rings. The molecule has 0 heterocycles. The molecule has 0 saturated heterocycles. The first-order valence-electron chi connectivity index (χ1n) is 5.49. The minimum Gasteiger partial charge on any atom is -0.489 e. The third-order valence-corrected chi connectivity index (χ3v) is 2.89. The van der Waals surface area contributed by atoms with Crippen molar-refractivity contribution in [3.63, 3.8) is 0 Å². The second-order valence-electron chi connectivity index (χ2n) is 4.21. The van der Waals surface area contributed by atoms with E-state index in [0.29, 0.717) is 16.3 Å². The van der Waals surface area contributed by atoms with Gasteiger partial charge in [-0.3, -0.25) is 4.79 Å². The van der Waals surface area contributed by atoms with E-state index in [9.17, 15) is 4.79 Å². The summed E-state index contributed by atoms with van der Waals surface area (Å²) in [6, 6.07) is 4.64. The highest BCUT2D eigenvalue weighted by molar-refractivity contribution is 6.32. The molecule has 1 aliphatic carbocycles. The molecule has 3 N–H and O–H groups in total. The molecule has 0 radical (unpaired) electrons. The van der Waals surface area contributed by atoms with Crippen LogP contribution in [0.1, 0.15) is 30.9 Å². The summed E-state index contributed by atoms with van der Waals surface area (Å²) in [6.07, 6.45) is 2.30. The summed E-state index contributed by atoms with van der Waals surface area (Å²) in [6.45, 7) is 0. The van der Waals surface area contributed by atoms with Crippen molar-refractivity contribution < 1.29 is 14.6 Å². The normalized spacial score (nSPS) is 16.6. The van der Waals surface area contributed by atoms with Gasteiger partial charge < -0.3 is 15.6 Å². The Kier molecular flexibility index (Phi) is 3.54. The van der Waals surface area contributed by atoms with E-state index in [1.54, 1.807) is 18.2 Å². The molecule has 4 nitrogen and oxygen atoms in total. The van der Waals surface area contributed by atoms with Crippen LogP contribution in [0, 0.1) is 0 Å². The zero-order chi connectivity index (χ0) is 12.4. The van der Waals surface area contributed by atoms with Crippen LogP contribution in [-0.2, 0) is 4.79 Å². The third kappa shape index (κ3) is 3.35. The highest BCUT2D eigenvalue weighted by Crippen LogP contribution is 2.33. The number of ether oxygens (including phenoxy) is 1. The van der Waals surface area contributed by atoms with Crippen molar-refractivity contribution in [2.75, 3.05) is 0 Å². The molecule has 0 spiro atoms. The molecule has 92 valence electrons. The van der Waals surface area contributed by atoms with Crippen LogP contribution >= 0.6 is 11.6 Å². The highest BCUT2D eigenvalue weighted by Gasteiger charge is 2.24. The van der Waals surface area contributed by atoms with E-state index >= 15 is 0 Å². The molecule has 0 aliphatic heterocycles. The van der Waals surface area contributed by atoms with Crippen LogP contribution in [0.15, 0.2) is 18.2 Å². The minimum absolute atomic E-state index is 0.112. The van der Waals surface area contributed by atoms with Gasteiger partial charge in [0.15, 0.2) is 0 Å². The van der Waals surface area contributed by atoms with E-state index in [-0.39, 0.29) is 12.5 Å². The van der Waals surface area contributed by atoms with E-state index in [2.05, 4.69) is 0 Å². The van der Waals surface area contributed by atoms with Crippen molar-refractivity contribution in [2.24, 2.45) is 5.73 Å². The molecule has 1 saturated carbocycles. The van der Waals surface area contributed by atoms with Crippen LogP contribution in [0.5, 0.6) is 5.75 Å². The zero-order valence-corrected chi connectivity index (χ0v) is 9.98. The van der Waals surface area contributed by atoms with Crippen molar-refractivity contribution in [1.29, 1.82) is 0 Å². The first kappa shape index (κ1) is 12.2. The fraction of sp³-hybridized carbons (Fsp3) is 0.417. The van der Waals surface area contributed by atoms with Crippen LogP contribution in [0.2, 0.25) is 5.02 Å². The molecule has 5 heteroatoms. The number of carbonyl (C=O) groups is 1. The Morgan fingerprint density at radius 2 is 2.29 bits per heavy atom. The van der Waals surface area contributed by atoms with Gasteiger partial charge in [-0.1, -0.05) is 17.7 Å². The number of rotatable bonds is 5. The number of carboxylic acids is 1. The Morgan fingerprint density at radius 1 is 1.59 bits per heavy atom. The maximum atomic E-state index is 10.6. The van der Waals surface area contributed by atoms with E-state index in [4.69, 9.17) is 27.2 Å². The van der Waals surface area contributed by atoms with E-state index in [0.717, 1.165) is 12.8 Å². The lowest BCUT2D eigenvalue weighted by atomic mass is 10.0. The number of benzene rings is 1. The van der Waals surface area contributed by atoms with Gasteiger partial charge in [-0.15, -0.1) is 0 Å². The van der Waals surface area contributed by atoms with Gasteiger partial charge in [0.05, 0.1) is 17.5 Å². The van der Waals surface area contributed by atoms with Crippen LogP contribution in [-0.4, -0.2) is 17.2 Å². The van der Waals surface area contributed by atoms with E-state index in [1.807, 2.05) is 0 Å². The summed E-state index contributed by atoms with van der Waals surface area (Å²) in [5.74, 6) is -0.285. The number of carboxylic acid groups (broad SMARTS) is 1. The minimum atomic E-state index is -0.924. The van der Waals surface area contributed by atoms with Gasteiger partial charge in [0.25, 0.3) is 0 Å². The molecule has 0 aromatic heterocycles. The molecular weight excluding hydrogens is 242 g/mol. The molecule has 17 heavy (non-hydrogen) atoms. The first-order valence-corrected chi connectivity index (χ1v) is 5.87. The van der Waals surface area contributed by atoms with Gasteiger partial charge in [0.1, 0.15) is 5.75 Å². The van der Waals surface area contributed by atoms with Crippen molar-refractivity contribution in [3.05, 3.63) is 28.8 Å². The van der Waals surface area contributed by atoms with Gasteiger partial charge >= 0.3 is 5.97 Å². The lowest BCUT2D eigenvalue weighted by Crippen LogP contribution is -2.15. The van der Waals surface area contributed by atoms with Gasteiger partial charge in [0, 0.05) is 6.04 Å². The van der Waals surface area contributed by atoms with Crippen molar-refractivity contribution in [2.45, 2.75) is 31.4 Å². The summed E-state index contributed by atoms with van der Waals surface area (Å²) < 4.78 is 5.58. The fourth-order valence-electron chi connectivity index (χ4n) is 1.51. The molecular formula is C12H14ClNO3. The molecule has 0 amide bonds. The first-order chi connectivity index (χ1) is 8.06. The maximum Gasteiger partial charge on any atom is 0.305 e. The number of hydrogen-bond donors (Lipinski definition) is 2. The monoisotopic (exact) mass is 255 g/mol.